The zero-order valence-electron chi connectivity index (χ0n) is 13.1. The number of benzene rings is 1. The van der Waals surface area contributed by atoms with Crippen LogP contribution in [0, 0.1) is 11.3 Å². The Balaban J connectivity index is 2.18. The van der Waals surface area contributed by atoms with Gasteiger partial charge in [-0.3, -0.25) is 4.79 Å². The lowest BCUT2D eigenvalue weighted by atomic mass is 10.0. The number of nitriles is 1. The predicted molar refractivity (Wildman–Crippen MR) is 89.7 cm³/mol. The second kappa shape index (κ2) is 8.19. The monoisotopic (exact) mass is 294 g/mol. The maximum absolute atomic E-state index is 12.2. The fourth-order valence-electron chi connectivity index (χ4n) is 2.60. The molecule has 0 saturated carbocycles. The van der Waals surface area contributed by atoms with Crippen molar-refractivity contribution in [2.24, 2.45) is 0 Å². The van der Waals surface area contributed by atoms with Crippen molar-refractivity contribution in [1.29, 1.82) is 5.26 Å². The largest absolute Gasteiger partial charge is 0.321 e. The van der Waals surface area contributed by atoms with Crippen molar-refractivity contribution in [2.75, 3.05) is 0 Å². The number of nitrogens with one attached hydrogen (secondary N) is 1. The molecule has 0 radical (unpaired) electrons. The molecule has 3 nitrogen and oxygen atoms in total. The summed E-state index contributed by atoms with van der Waals surface area (Å²) in [5.41, 5.74) is 2.66. The number of aromatic nitrogens is 1. The summed E-state index contributed by atoms with van der Waals surface area (Å²) < 4.78 is 0. The summed E-state index contributed by atoms with van der Waals surface area (Å²) in [7, 11) is 0. The van der Waals surface area contributed by atoms with Crippen LogP contribution in [-0.4, -0.2) is 4.98 Å². The van der Waals surface area contributed by atoms with Crippen molar-refractivity contribution >= 4 is 0 Å². The Morgan fingerprint density at radius 1 is 1.09 bits per heavy atom. The Hall–Kier alpha value is -2.34. The molecule has 0 aliphatic carbocycles. The molecule has 1 heterocycles. The minimum Gasteiger partial charge on any atom is -0.321 e. The van der Waals surface area contributed by atoms with Gasteiger partial charge in [-0.15, -0.1) is 0 Å². The Labute approximate surface area is 131 Å². The number of aryl methyl sites for hydroxylation is 1. The van der Waals surface area contributed by atoms with Gasteiger partial charge in [0, 0.05) is 5.56 Å². The van der Waals surface area contributed by atoms with Gasteiger partial charge in [-0.2, -0.15) is 5.26 Å². The molecule has 2 aromatic rings. The van der Waals surface area contributed by atoms with Crippen LogP contribution < -0.4 is 5.56 Å². The van der Waals surface area contributed by atoms with Gasteiger partial charge in [-0.25, -0.2) is 0 Å². The summed E-state index contributed by atoms with van der Waals surface area (Å²) >= 11 is 0. The maximum Gasteiger partial charge on any atom is 0.251 e. The van der Waals surface area contributed by atoms with Gasteiger partial charge in [0.2, 0.25) is 0 Å². The quantitative estimate of drug-likeness (QED) is 0.768. The topological polar surface area (TPSA) is 56.6 Å². The summed E-state index contributed by atoms with van der Waals surface area (Å²) in [4.78, 5) is 15.1. The SMILES string of the molecule is CCCCCCCc1cc(C#N)c(-c2ccccc2)[nH]c1=O. The molecule has 0 spiro atoms. The van der Waals surface area contributed by atoms with Gasteiger partial charge >= 0.3 is 0 Å². The van der Waals surface area contributed by atoms with Crippen LogP contribution >= 0.6 is 0 Å². The first kappa shape index (κ1) is 16.0. The highest BCUT2D eigenvalue weighted by molar-refractivity contribution is 5.66. The molecule has 0 fully saturated rings. The highest BCUT2D eigenvalue weighted by Crippen LogP contribution is 2.20. The Bertz CT molecular complexity index is 696. The molecule has 0 aliphatic rings. The zero-order valence-corrected chi connectivity index (χ0v) is 13.1. The first-order valence-corrected chi connectivity index (χ1v) is 7.98. The van der Waals surface area contributed by atoms with Crippen molar-refractivity contribution in [3.63, 3.8) is 0 Å². The summed E-state index contributed by atoms with van der Waals surface area (Å²) in [6.45, 7) is 2.19. The van der Waals surface area contributed by atoms with Crippen LogP contribution in [0.5, 0.6) is 0 Å². The lowest BCUT2D eigenvalue weighted by molar-refractivity contribution is 0.630. The van der Waals surface area contributed by atoms with E-state index in [4.69, 9.17) is 0 Å². The molecule has 1 aromatic heterocycles. The molecule has 0 aliphatic heterocycles. The van der Waals surface area contributed by atoms with E-state index in [0.29, 0.717) is 16.8 Å². The highest BCUT2D eigenvalue weighted by Gasteiger charge is 2.10. The molecule has 0 unspecified atom stereocenters. The molecule has 114 valence electrons. The van der Waals surface area contributed by atoms with Crippen LogP contribution in [-0.2, 0) is 6.42 Å². The van der Waals surface area contributed by atoms with Crippen LogP contribution in [0.4, 0.5) is 0 Å². The van der Waals surface area contributed by atoms with E-state index >= 15 is 0 Å². The molecule has 0 amide bonds. The first-order valence-electron chi connectivity index (χ1n) is 7.98. The van der Waals surface area contributed by atoms with Gasteiger partial charge < -0.3 is 4.98 Å². The van der Waals surface area contributed by atoms with Crippen molar-refractivity contribution < 1.29 is 0 Å². The Morgan fingerprint density at radius 3 is 2.50 bits per heavy atom. The van der Waals surface area contributed by atoms with Gasteiger partial charge in [0.1, 0.15) is 6.07 Å². The summed E-state index contributed by atoms with van der Waals surface area (Å²) in [5.74, 6) is 0. The Morgan fingerprint density at radius 2 is 1.82 bits per heavy atom. The number of hydrogen-bond acceptors (Lipinski definition) is 2. The number of aromatic amines is 1. The fraction of sp³-hybridized carbons (Fsp3) is 0.368. The third-order valence-corrected chi connectivity index (χ3v) is 3.85. The summed E-state index contributed by atoms with van der Waals surface area (Å²) in [5, 5.41) is 9.36. The minimum atomic E-state index is -0.0756. The van der Waals surface area contributed by atoms with Crippen molar-refractivity contribution in [1.82, 2.24) is 4.98 Å². The molecule has 2 rings (SSSR count). The molecule has 0 atom stereocenters. The third-order valence-electron chi connectivity index (χ3n) is 3.85. The van der Waals surface area contributed by atoms with Gasteiger partial charge in [0.25, 0.3) is 5.56 Å². The van der Waals surface area contributed by atoms with Gasteiger partial charge in [0.15, 0.2) is 0 Å². The summed E-state index contributed by atoms with van der Waals surface area (Å²) in [6.07, 6.45) is 6.54. The van der Waals surface area contributed by atoms with E-state index in [1.807, 2.05) is 30.3 Å². The zero-order chi connectivity index (χ0) is 15.8. The van der Waals surface area contributed by atoms with Gasteiger partial charge in [-0.05, 0) is 24.5 Å². The molecule has 1 aromatic carbocycles. The van der Waals surface area contributed by atoms with E-state index < -0.39 is 0 Å². The highest BCUT2D eigenvalue weighted by atomic mass is 16.1. The van der Waals surface area contributed by atoms with Crippen LogP contribution in [0.3, 0.4) is 0 Å². The van der Waals surface area contributed by atoms with E-state index in [1.54, 1.807) is 6.07 Å². The predicted octanol–water partition coefficient (Wildman–Crippen LogP) is 4.43. The molecule has 22 heavy (non-hydrogen) atoms. The lowest BCUT2D eigenvalue weighted by Crippen LogP contribution is -2.14. The number of unbranched alkanes of at least 4 members (excludes halogenated alkanes) is 4. The number of H-pyrrole nitrogens is 1. The van der Waals surface area contributed by atoms with E-state index in [0.717, 1.165) is 24.8 Å². The third kappa shape index (κ3) is 4.08. The minimum absolute atomic E-state index is 0.0756. The molecular weight excluding hydrogens is 272 g/mol. The molecule has 0 bridgehead atoms. The average molecular weight is 294 g/mol. The van der Waals surface area contributed by atoms with Crippen molar-refractivity contribution in [2.45, 2.75) is 45.4 Å². The standard InChI is InChI=1S/C19H22N2O/c1-2-3-4-5-7-12-16-13-17(14-20)18(21-19(16)22)15-10-8-6-9-11-15/h6,8-11,13H,2-5,7,12H2,1H3,(H,21,22). The van der Waals surface area contributed by atoms with Gasteiger partial charge in [-0.1, -0.05) is 62.9 Å². The fourth-order valence-corrected chi connectivity index (χ4v) is 2.60. The smallest absolute Gasteiger partial charge is 0.251 e. The van der Waals surface area contributed by atoms with E-state index in [1.165, 1.54) is 19.3 Å². The van der Waals surface area contributed by atoms with Crippen molar-refractivity contribution in [3.8, 4) is 17.3 Å². The van der Waals surface area contributed by atoms with E-state index in [2.05, 4.69) is 18.0 Å². The molecule has 0 saturated heterocycles. The van der Waals surface area contributed by atoms with Crippen LogP contribution in [0.2, 0.25) is 0 Å². The van der Waals surface area contributed by atoms with Crippen LogP contribution in [0.15, 0.2) is 41.2 Å². The lowest BCUT2D eigenvalue weighted by Gasteiger charge is -2.07. The molecular formula is C19H22N2O. The second-order valence-electron chi connectivity index (χ2n) is 5.55. The Kier molecular flexibility index (Phi) is 5.97. The second-order valence-corrected chi connectivity index (χ2v) is 5.55. The number of rotatable bonds is 7. The number of pyridine rings is 1. The van der Waals surface area contributed by atoms with E-state index in [9.17, 15) is 10.1 Å². The van der Waals surface area contributed by atoms with Crippen LogP contribution in [0.25, 0.3) is 11.3 Å². The van der Waals surface area contributed by atoms with E-state index in [-0.39, 0.29) is 5.56 Å². The normalized spacial score (nSPS) is 10.4. The average Bonchev–Trinajstić information content (AvgIpc) is 2.56. The van der Waals surface area contributed by atoms with Crippen molar-refractivity contribution in [3.05, 3.63) is 57.9 Å². The summed E-state index contributed by atoms with van der Waals surface area (Å²) in [6, 6.07) is 13.5. The molecule has 1 N–H and O–H groups in total. The molecule has 3 heteroatoms. The van der Waals surface area contributed by atoms with Gasteiger partial charge in [0.05, 0.1) is 11.3 Å². The first-order chi connectivity index (χ1) is 10.8. The maximum atomic E-state index is 12.2. The number of nitrogens with zero attached hydrogens (tertiary/aromatic N) is 1. The number of hydrogen-bond donors (Lipinski definition) is 1. The van der Waals surface area contributed by atoms with Crippen LogP contribution in [0.1, 0.15) is 50.2 Å².